The lowest BCUT2D eigenvalue weighted by Crippen LogP contribution is -2.08. The Hall–Kier alpha value is -1.13. The topological polar surface area (TPSA) is 27.1 Å². The Morgan fingerprint density at radius 3 is 2.94 bits per heavy atom. The number of para-hydroxylation sites is 1. The molecule has 4 heteroatoms. The third-order valence-corrected chi connectivity index (χ3v) is 3.90. The molecule has 1 aliphatic heterocycles. The maximum absolute atomic E-state index is 5.43. The molecule has 0 atom stereocenters. The van der Waals surface area contributed by atoms with Gasteiger partial charge in [0.1, 0.15) is 4.60 Å². The normalized spacial score (nSPS) is 14.7. The molecule has 0 saturated heterocycles. The van der Waals surface area contributed by atoms with Crippen molar-refractivity contribution in [3.8, 4) is 5.69 Å². The largest absolute Gasteiger partial charge is 0.375 e. The SMILES string of the molecule is Cc1ccccc1-n1nc2c(c1Br)CCOC2. The van der Waals surface area contributed by atoms with Crippen LogP contribution in [-0.2, 0) is 17.8 Å². The first kappa shape index (κ1) is 11.0. The molecule has 0 unspecified atom stereocenters. The van der Waals surface area contributed by atoms with Gasteiger partial charge in [-0.1, -0.05) is 18.2 Å². The van der Waals surface area contributed by atoms with Crippen LogP contribution in [0.25, 0.3) is 5.69 Å². The average molecular weight is 293 g/mol. The van der Waals surface area contributed by atoms with E-state index in [4.69, 9.17) is 4.74 Å². The van der Waals surface area contributed by atoms with E-state index in [1.165, 1.54) is 11.1 Å². The van der Waals surface area contributed by atoms with Crippen LogP contribution >= 0.6 is 15.9 Å². The second-order valence-corrected chi connectivity index (χ2v) is 4.97. The predicted molar refractivity (Wildman–Crippen MR) is 69.4 cm³/mol. The number of rotatable bonds is 1. The molecule has 2 aromatic rings. The van der Waals surface area contributed by atoms with Crippen molar-refractivity contribution in [3.63, 3.8) is 0 Å². The molecule has 1 aliphatic rings. The Bertz CT molecular complexity index is 563. The molecule has 0 spiro atoms. The first-order chi connectivity index (χ1) is 8.27. The summed E-state index contributed by atoms with van der Waals surface area (Å²) in [5.41, 5.74) is 4.66. The molecule has 3 nitrogen and oxygen atoms in total. The summed E-state index contributed by atoms with van der Waals surface area (Å²) in [7, 11) is 0. The van der Waals surface area contributed by atoms with E-state index in [2.05, 4.69) is 40.1 Å². The molecule has 0 N–H and O–H groups in total. The van der Waals surface area contributed by atoms with E-state index < -0.39 is 0 Å². The molecule has 0 saturated carbocycles. The fraction of sp³-hybridized carbons (Fsp3) is 0.308. The van der Waals surface area contributed by atoms with Gasteiger partial charge in [0, 0.05) is 12.0 Å². The van der Waals surface area contributed by atoms with Crippen LogP contribution in [0.4, 0.5) is 0 Å². The van der Waals surface area contributed by atoms with Gasteiger partial charge in [-0.2, -0.15) is 5.10 Å². The zero-order valence-electron chi connectivity index (χ0n) is 9.61. The summed E-state index contributed by atoms with van der Waals surface area (Å²) in [5.74, 6) is 0. The van der Waals surface area contributed by atoms with E-state index in [0.717, 1.165) is 29.0 Å². The number of hydrogen-bond donors (Lipinski definition) is 0. The highest BCUT2D eigenvalue weighted by atomic mass is 79.9. The first-order valence-corrected chi connectivity index (χ1v) is 6.46. The molecule has 2 heterocycles. The number of halogens is 1. The minimum Gasteiger partial charge on any atom is -0.375 e. The average Bonchev–Trinajstić information content (AvgIpc) is 2.68. The standard InChI is InChI=1S/C13H13BrN2O/c1-9-4-2-3-5-12(9)16-13(14)10-6-7-17-8-11(10)15-16/h2-5H,6-8H2,1H3. The highest BCUT2D eigenvalue weighted by molar-refractivity contribution is 9.10. The van der Waals surface area contributed by atoms with E-state index >= 15 is 0 Å². The number of aromatic nitrogens is 2. The van der Waals surface area contributed by atoms with E-state index in [0.29, 0.717) is 6.61 Å². The van der Waals surface area contributed by atoms with Crippen LogP contribution in [0.15, 0.2) is 28.9 Å². The van der Waals surface area contributed by atoms with Crippen molar-refractivity contribution in [3.05, 3.63) is 45.7 Å². The fourth-order valence-electron chi connectivity index (χ4n) is 2.14. The van der Waals surface area contributed by atoms with Crippen LogP contribution in [0.2, 0.25) is 0 Å². The number of aryl methyl sites for hydroxylation is 1. The zero-order valence-corrected chi connectivity index (χ0v) is 11.2. The number of ether oxygens (including phenoxy) is 1. The Kier molecular flexibility index (Phi) is 2.76. The van der Waals surface area contributed by atoms with Crippen LogP contribution in [0.1, 0.15) is 16.8 Å². The molecule has 88 valence electrons. The lowest BCUT2D eigenvalue weighted by atomic mass is 10.1. The Morgan fingerprint density at radius 1 is 1.35 bits per heavy atom. The fourth-order valence-corrected chi connectivity index (χ4v) is 2.84. The predicted octanol–water partition coefficient (Wildman–Crippen LogP) is 3.02. The van der Waals surface area contributed by atoms with Crippen molar-refractivity contribution in [1.82, 2.24) is 9.78 Å². The minimum atomic E-state index is 0.618. The third kappa shape index (κ3) is 1.81. The highest BCUT2D eigenvalue weighted by Gasteiger charge is 2.20. The minimum absolute atomic E-state index is 0.618. The summed E-state index contributed by atoms with van der Waals surface area (Å²) in [6.45, 7) is 3.50. The van der Waals surface area contributed by atoms with Gasteiger partial charge in [0.05, 0.1) is 24.6 Å². The first-order valence-electron chi connectivity index (χ1n) is 5.67. The van der Waals surface area contributed by atoms with E-state index in [1.54, 1.807) is 0 Å². The summed E-state index contributed by atoms with van der Waals surface area (Å²) in [5, 5.41) is 4.63. The molecular formula is C13H13BrN2O. The maximum atomic E-state index is 5.43. The summed E-state index contributed by atoms with van der Waals surface area (Å²) in [6, 6.07) is 8.25. The van der Waals surface area contributed by atoms with Gasteiger partial charge in [-0.3, -0.25) is 0 Å². The van der Waals surface area contributed by atoms with Crippen LogP contribution in [0.5, 0.6) is 0 Å². The smallest absolute Gasteiger partial charge is 0.113 e. The van der Waals surface area contributed by atoms with Gasteiger partial charge in [0.2, 0.25) is 0 Å². The summed E-state index contributed by atoms with van der Waals surface area (Å²) in [6.07, 6.45) is 0.932. The van der Waals surface area contributed by atoms with Gasteiger partial charge >= 0.3 is 0 Å². The molecule has 0 bridgehead atoms. The highest BCUT2D eigenvalue weighted by Crippen LogP contribution is 2.28. The monoisotopic (exact) mass is 292 g/mol. The van der Waals surface area contributed by atoms with E-state index in [1.807, 2.05) is 16.8 Å². The van der Waals surface area contributed by atoms with Gasteiger partial charge in [-0.25, -0.2) is 4.68 Å². The van der Waals surface area contributed by atoms with Crippen LogP contribution < -0.4 is 0 Å². The quantitative estimate of drug-likeness (QED) is 0.808. The van der Waals surface area contributed by atoms with E-state index in [-0.39, 0.29) is 0 Å². The summed E-state index contributed by atoms with van der Waals surface area (Å²) >= 11 is 3.65. The lowest BCUT2D eigenvalue weighted by molar-refractivity contribution is 0.108. The Labute approximate surface area is 109 Å². The second kappa shape index (κ2) is 4.27. The van der Waals surface area contributed by atoms with Gasteiger partial charge in [-0.05, 0) is 34.5 Å². The molecule has 0 amide bonds. The molecule has 3 rings (SSSR count). The van der Waals surface area contributed by atoms with Crippen molar-refractivity contribution in [2.75, 3.05) is 6.61 Å². The zero-order chi connectivity index (χ0) is 11.8. The summed E-state index contributed by atoms with van der Waals surface area (Å²) < 4.78 is 8.46. The van der Waals surface area contributed by atoms with E-state index in [9.17, 15) is 0 Å². The Balaban J connectivity index is 2.16. The number of hydrogen-bond acceptors (Lipinski definition) is 2. The lowest BCUT2D eigenvalue weighted by Gasteiger charge is -2.09. The van der Waals surface area contributed by atoms with Crippen molar-refractivity contribution in [2.24, 2.45) is 0 Å². The number of fused-ring (bicyclic) bond motifs is 1. The van der Waals surface area contributed by atoms with Crippen LogP contribution in [0, 0.1) is 6.92 Å². The van der Waals surface area contributed by atoms with Crippen molar-refractivity contribution >= 4 is 15.9 Å². The summed E-state index contributed by atoms with van der Waals surface area (Å²) in [4.78, 5) is 0. The molecular weight excluding hydrogens is 280 g/mol. The second-order valence-electron chi connectivity index (χ2n) is 4.22. The van der Waals surface area contributed by atoms with Crippen LogP contribution in [-0.4, -0.2) is 16.4 Å². The van der Waals surface area contributed by atoms with Gasteiger partial charge < -0.3 is 4.74 Å². The molecule has 0 fully saturated rings. The maximum Gasteiger partial charge on any atom is 0.113 e. The van der Waals surface area contributed by atoms with Gasteiger partial charge in [0.15, 0.2) is 0 Å². The Morgan fingerprint density at radius 2 is 2.18 bits per heavy atom. The molecule has 0 radical (unpaired) electrons. The molecule has 0 aliphatic carbocycles. The third-order valence-electron chi connectivity index (χ3n) is 3.08. The van der Waals surface area contributed by atoms with Crippen molar-refractivity contribution in [1.29, 1.82) is 0 Å². The molecule has 1 aromatic carbocycles. The van der Waals surface area contributed by atoms with Gasteiger partial charge in [-0.15, -0.1) is 0 Å². The molecule has 1 aromatic heterocycles. The number of nitrogens with zero attached hydrogens (tertiary/aromatic N) is 2. The van der Waals surface area contributed by atoms with Crippen LogP contribution in [0.3, 0.4) is 0 Å². The number of benzene rings is 1. The molecule has 17 heavy (non-hydrogen) atoms. The van der Waals surface area contributed by atoms with Crippen molar-refractivity contribution < 1.29 is 4.74 Å². The van der Waals surface area contributed by atoms with Gasteiger partial charge in [0.25, 0.3) is 0 Å². The van der Waals surface area contributed by atoms with Crippen molar-refractivity contribution in [2.45, 2.75) is 20.0 Å².